The smallest absolute Gasteiger partial charge is 0.351 e. The second kappa shape index (κ2) is 9.85. The SMILES string of the molecule is CCc1ccc(N(C(=O)C(F)(F)F)[C@H](C(=O)NC2CCCCC2)c2sccc2C)cc1. The predicted octanol–water partition coefficient (Wildman–Crippen LogP) is 5.70. The highest BCUT2D eigenvalue weighted by Crippen LogP contribution is 2.36. The fourth-order valence-electron chi connectivity index (χ4n) is 3.96. The van der Waals surface area contributed by atoms with E-state index in [0.29, 0.717) is 21.8 Å². The number of carbonyl (C=O) groups is 2. The summed E-state index contributed by atoms with van der Waals surface area (Å²) in [6.07, 6.45) is 0.207. The summed E-state index contributed by atoms with van der Waals surface area (Å²) < 4.78 is 40.9. The topological polar surface area (TPSA) is 49.4 Å². The molecule has 1 saturated carbocycles. The van der Waals surface area contributed by atoms with Gasteiger partial charge < -0.3 is 5.32 Å². The van der Waals surface area contributed by atoms with Gasteiger partial charge in [-0.15, -0.1) is 11.3 Å². The van der Waals surface area contributed by atoms with Crippen molar-refractivity contribution in [3.8, 4) is 0 Å². The summed E-state index contributed by atoms with van der Waals surface area (Å²) in [7, 11) is 0. The first-order valence-electron chi connectivity index (χ1n) is 10.6. The van der Waals surface area contributed by atoms with Gasteiger partial charge in [-0.3, -0.25) is 14.5 Å². The Labute approximate surface area is 184 Å². The molecule has 1 atom stereocenters. The summed E-state index contributed by atoms with van der Waals surface area (Å²) in [5.74, 6) is -2.62. The van der Waals surface area contributed by atoms with Crippen molar-refractivity contribution in [1.29, 1.82) is 0 Å². The van der Waals surface area contributed by atoms with Gasteiger partial charge in [0.2, 0.25) is 5.91 Å². The number of anilines is 1. The molecule has 4 nitrogen and oxygen atoms in total. The first-order valence-corrected chi connectivity index (χ1v) is 11.4. The first kappa shape index (κ1) is 23.3. The van der Waals surface area contributed by atoms with Crippen molar-refractivity contribution in [3.63, 3.8) is 0 Å². The molecule has 1 N–H and O–H groups in total. The quantitative estimate of drug-likeness (QED) is 0.611. The average Bonchev–Trinajstić information content (AvgIpc) is 3.17. The molecule has 1 fully saturated rings. The molecule has 31 heavy (non-hydrogen) atoms. The van der Waals surface area contributed by atoms with Gasteiger partial charge in [0, 0.05) is 16.6 Å². The lowest BCUT2D eigenvalue weighted by atomic mass is 9.95. The van der Waals surface area contributed by atoms with E-state index in [1.807, 2.05) is 6.92 Å². The molecule has 1 aliphatic carbocycles. The minimum atomic E-state index is -5.11. The Morgan fingerprint density at radius 1 is 1.13 bits per heavy atom. The molecule has 0 saturated heterocycles. The molecule has 2 amide bonds. The molecule has 0 aliphatic heterocycles. The molecule has 1 aliphatic rings. The van der Waals surface area contributed by atoms with Crippen LogP contribution in [0.1, 0.15) is 61.1 Å². The number of hydrogen-bond acceptors (Lipinski definition) is 3. The van der Waals surface area contributed by atoms with Crippen molar-refractivity contribution in [2.24, 2.45) is 0 Å². The maximum Gasteiger partial charge on any atom is 0.471 e. The molecule has 168 valence electrons. The van der Waals surface area contributed by atoms with Crippen molar-refractivity contribution >= 4 is 28.8 Å². The van der Waals surface area contributed by atoms with E-state index in [2.05, 4.69) is 5.32 Å². The largest absolute Gasteiger partial charge is 0.471 e. The summed E-state index contributed by atoms with van der Waals surface area (Å²) in [4.78, 5) is 27.0. The van der Waals surface area contributed by atoms with Crippen LogP contribution >= 0.6 is 11.3 Å². The van der Waals surface area contributed by atoms with E-state index in [-0.39, 0.29) is 11.7 Å². The van der Waals surface area contributed by atoms with Gasteiger partial charge in [-0.1, -0.05) is 38.3 Å². The summed E-state index contributed by atoms with van der Waals surface area (Å²) in [5.41, 5.74) is 1.66. The van der Waals surface area contributed by atoms with Gasteiger partial charge in [0.05, 0.1) is 0 Å². The zero-order valence-electron chi connectivity index (χ0n) is 17.7. The van der Waals surface area contributed by atoms with E-state index >= 15 is 0 Å². The fraction of sp³-hybridized carbons (Fsp3) is 0.478. The third-order valence-corrected chi connectivity index (χ3v) is 6.76. The molecule has 8 heteroatoms. The first-order chi connectivity index (χ1) is 14.7. The van der Waals surface area contributed by atoms with Gasteiger partial charge in [-0.25, -0.2) is 0 Å². The lowest BCUT2D eigenvalue weighted by Crippen LogP contribution is -2.50. The van der Waals surface area contributed by atoms with Gasteiger partial charge in [-0.2, -0.15) is 13.2 Å². The number of hydrogen-bond donors (Lipinski definition) is 1. The van der Waals surface area contributed by atoms with Gasteiger partial charge in [0.15, 0.2) is 6.04 Å². The maximum absolute atomic E-state index is 13.6. The number of benzene rings is 1. The second-order valence-corrected chi connectivity index (χ2v) is 8.85. The summed E-state index contributed by atoms with van der Waals surface area (Å²) >= 11 is 1.18. The molecular weight excluding hydrogens is 425 g/mol. The highest BCUT2D eigenvalue weighted by Gasteiger charge is 2.48. The van der Waals surface area contributed by atoms with Crippen molar-refractivity contribution in [2.75, 3.05) is 4.90 Å². The van der Waals surface area contributed by atoms with E-state index in [0.717, 1.165) is 37.7 Å². The molecule has 1 aromatic carbocycles. The van der Waals surface area contributed by atoms with Crippen LogP contribution in [0.5, 0.6) is 0 Å². The van der Waals surface area contributed by atoms with E-state index in [9.17, 15) is 22.8 Å². The molecule has 1 aromatic heterocycles. The van der Waals surface area contributed by atoms with E-state index in [1.54, 1.807) is 30.5 Å². The van der Waals surface area contributed by atoms with Gasteiger partial charge >= 0.3 is 12.1 Å². The Bertz CT molecular complexity index is 902. The number of alkyl halides is 3. The highest BCUT2D eigenvalue weighted by atomic mass is 32.1. The Morgan fingerprint density at radius 2 is 1.77 bits per heavy atom. The van der Waals surface area contributed by atoms with Gasteiger partial charge in [0.25, 0.3) is 0 Å². The molecule has 2 aromatic rings. The summed E-state index contributed by atoms with van der Waals surface area (Å²) in [6, 6.07) is 6.60. The lowest BCUT2D eigenvalue weighted by molar-refractivity contribution is -0.171. The number of amides is 2. The number of carbonyl (C=O) groups excluding carboxylic acids is 2. The third kappa shape index (κ3) is 5.47. The van der Waals surface area contributed by atoms with Gasteiger partial charge in [0.1, 0.15) is 0 Å². The van der Waals surface area contributed by atoms with Crippen LogP contribution in [0.4, 0.5) is 18.9 Å². The van der Waals surface area contributed by atoms with Gasteiger partial charge in [-0.05, 0) is 60.9 Å². The lowest BCUT2D eigenvalue weighted by Gasteiger charge is -2.33. The highest BCUT2D eigenvalue weighted by molar-refractivity contribution is 7.10. The number of aryl methyl sites for hydroxylation is 2. The van der Waals surface area contributed by atoms with Crippen LogP contribution in [-0.2, 0) is 16.0 Å². The average molecular weight is 453 g/mol. The van der Waals surface area contributed by atoms with Crippen LogP contribution in [0.3, 0.4) is 0 Å². The van der Waals surface area contributed by atoms with Crippen LogP contribution in [0.15, 0.2) is 35.7 Å². The number of thiophene rings is 1. The monoisotopic (exact) mass is 452 g/mol. The predicted molar refractivity (Wildman–Crippen MR) is 116 cm³/mol. The van der Waals surface area contributed by atoms with Crippen LogP contribution in [0.2, 0.25) is 0 Å². The van der Waals surface area contributed by atoms with Crippen LogP contribution in [-0.4, -0.2) is 24.0 Å². The van der Waals surface area contributed by atoms with Crippen LogP contribution < -0.4 is 10.2 Å². The van der Waals surface area contributed by atoms with Crippen molar-refractivity contribution in [3.05, 3.63) is 51.7 Å². The summed E-state index contributed by atoms with van der Waals surface area (Å²) in [6.45, 7) is 3.67. The standard InChI is InChI=1S/C23H27F3N2O2S/c1-3-16-9-11-18(12-10-16)28(22(30)23(24,25)26)19(20-15(2)13-14-31-20)21(29)27-17-7-5-4-6-8-17/h9-14,17,19H,3-8H2,1-2H3,(H,27,29)/t19-/m0/s1. The molecule has 0 radical (unpaired) electrons. The Kier molecular flexibility index (Phi) is 7.41. The molecule has 0 bridgehead atoms. The normalized spacial score (nSPS) is 16.0. The molecule has 0 unspecified atom stereocenters. The Morgan fingerprint density at radius 3 is 2.29 bits per heavy atom. The van der Waals surface area contributed by atoms with Crippen molar-refractivity contribution < 1.29 is 22.8 Å². The number of nitrogens with zero attached hydrogens (tertiary/aromatic N) is 1. The number of rotatable bonds is 6. The zero-order valence-corrected chi connectivity index (χ0v) is 18.5. The Hall–Kier alpha value is -2.35. The van der Waals surface area contributed by atoms with Crippen LogP contribution in [0, 0.1) is 6.92 Å². The minimum Gasteiger partial charge on any atom is -0.351 e. The third-order valence-electron chi connectivity index (χ3n) is 5.69. The van der Waals surface area contributed by atoms with E-state index in [4.69, 9.17) is 0 Å². The van der Waals surface area contributed by atoms with Crippen molar-refractivity contribution in [1.82, 2.24) is 5.32 Å². The van der Waals surface area contributed by atoms with E-state index < -0.39 is 24.0 Å². The number of nitrogens with one attached hydrogen (secondary N) is 1. The Balaban J connectivity index is 2.06. The minimum absolute atomic E-state index is 0.0520. The van der Waals surface area contributed by atoms with Crippen LogP contribution in [0.25, 0.3) is 0 Å². The second-order valence-electron chi connectivity index (χ2n) is 7.91. The summed E-state index contributed by atoms with van der Waals surface area (Å²) in [5, 5.41) is 4.64. The molecule has 0 spiro atoms. The van der Waals surface area contributed by atoms with E-state index in [1.165, 1.54) is 23.5 Å². The zero-order chi connectivity index (χ0) is 22.6. The molecule has 3 rings (SSSR count). The molecule has 1 heterocycles. The molecular formula is C23H27F3N2O2S. The number of halogens is 3. The van der Waals surface area contributed by atoms with Crippen molar-refractivity contribution in [2.45, 2.75) is 70.6 Å². The fourth-order valence-corrected chi connectivity index (χ4v) is 4.97. The maximum atomic E-state index is 13.6.